The highest BCUT2D eigenvalue weighted by Crippen LogP contribution is 1.78. The van der Waals surface area contributed by atoms with Crippen molar-refractivity contribution in [3.05, 3.63) is 12.3 Å². The van der Waals surface area contributed by atoms with Crippen molar-refractivity contribution < 1.29 is 14.6 Å². The summed E-state index contributed by atoms with van der Waals surface area (Å²) in [5.41, 5.74) is 0.591. The average molecular weight is 188 g/mol. The van der Waals surface area contributed by atoms with E-state index < -0.39 is 0 Å². The quantitative estimate of drug-likeness (QED) is 0.507. The van der Waals surface area contributed by atoms with Crippen LogP contribution in [0.15, 0.2) is 12.3 Å². The van der Waals surface area contributed by atoms with E-state index in [-0.39, 0.29) is 12.6 Å². The number of amides is 2. The van der Waals surface area contributed by atoms with E-state index in [9.17, 15) is 4.79 Å². The number of allylic oxidation sites excluding steroid dienone is 1. The maximum atomic E-state index is 10.9. The predicted molar refractivity (Wildman–Crippen MR) is 49.3 cm³/mol. The minimum absolute atomic E-state index is 0.00202. The van der Waals surface area contributed by atoms with Crippen LogP contribution in [0, 0.1) is 0 Å². The fourth-order valence-electron chi connectivity index (χ4n) is 0.641. The van der Waals surface area contributed by atoms with Gasteiger partial charge in [-0.25, -0.2) is 4.79 Å². The Labute approximate surface area is 77.8 Å². The molecule has 0 spiro atoms. The number of hydrogen-bond donors (Lipinski definition) is 3. The second kappa shape index (κ2) is 7.57. The molecular formula is C8H16N2O3. The molecule has 0 atom stereocenters. The van der Waals surface area contributed by atoms with Gasteiger partial charge in [-0.3, -0.25) is 0 Å². The zero-order valence-electron chi connectivity index (χ0n) is 7.80. The summed E-state index contributed by atoms with van der Waals surface area (Å²) >= 11 is 0. The van der Waals surface area contributed by atoms with Crippen LogP contribution in [0.2, 0.25) is 0 Å². The normalized spacial score (nSPS) is 9.38. The van der Waals surface area contributed by atoms with Crippen molar-refractivity contribution in [2.45, 2.75) is 6.92 Å². The first-order chi connectivity index (χ1) is 6.16. The molecule has 0 aromatic carbocycles. The molecule has 0 rings (SSSR count). The summed E-state index contributed by atoms with van der Waals surface area (Å²) in [6, 6.07) is -0.292. The molecule has 0 fully saturated rings. The molecule has 0 aromatic rings. The van der Waals surface area contributed by atoms with E-state index in [0.717, 1.165) is 0 Å². The van der Waals surface area contributed by atoms with E-state index in [2.05, 4.69) is 17.2 Å². The molecule has 0 radical (unpaired) electrons. The lowest BCUT2D eigenvalue weighted by atomic mass is 10.5. The Hall–Kier alpha value is -1.07. The molecule has 0 aliphatic heterocycles. The third kappa shape index (κ3) is 8.84. The highest BCUT2D eigenvalue weighted by molar-refractivity contribution is 5.75. The smallest absolute Gasteiger partial charge is 0.319 e. The summed E-state index contributed by atoms with van der Waals surface area (Å²) in [6.07, 6.45) is 0. The summed E-state index contributed by atoms with van der Waals surface area (Å²) < 4.78 is 4.92. The average Bonchev–Trinajstić information content (AvgIpc) is 2.02. The summed E-state index contributed by atoms with van der Waals surface area (Å²) in [5, 5.41) is 13.4. The Bertz CT molecular complexity index is 171. The molecule has 2 amide bonds. The first kappa shape index (κ1) is 11.9. The van der Waals surface area contributed by atoms with Crippen LogP contribution in [-0.4, -0.2) is 37.5 Å². The van der Waals surface area contributed by atoms with Gasteiger partial charge in [-0.05, 0) is 6.92 Å². The van der Waals surface area contributed by atoms with Gasteiger partial charge in [0.05, 0.1) is 19.8 Å². The van der Waals surface area contributed by atoms with Gasteiger partial charge in [-0.15, -0.1) is 0 Å². The molecule has 13 heavy (non-hydrogen) atoms. The van der Waals surface area contributed by atoms with E-state index in [1.54, 1.807) is 6.92 Å². The van der Waals surface area contributed by atoms with Gasteiger partial charge >= 0.3 is 6.03 Å². The largest absolute Gasteiger partial charge is 0.394 e. The second-order valence-corrected chi connectivity index (χ2v) is 2.50. The van der Waals surface area contributed by atoms with Crippen molar-refractivity contribution in [2.24, 2.45) is 0 Å². The molecule has 0 unspecified atom stereocenters. The Morgan fingerprint density at radius 2 is 2.23 bits per heavy atom. The number of nitrogens with one attached hydrogen (secondary N) is 2. The van der Waals surface area contributed by atoms with Gasteiger partial charge in [-0.2, -0.15) is 0 Å². The zero-order valence-corrected chi connectivity index (χ0v) is 7.80. The van der Waals surface area contributed by atoms with Gasteiger partial charge in [0.15, 0.2) is 0 Å². The van der Waals surface area contributed by atoms with Crippen molar-refractivity contribution in [1.29, 1.82) is 0 Å². The fourth-order valence-corrected chi connectivity index (χ4v) is 0.641. The molecular weight excluding hydrogens is 172 g/mol. The highest BCUT2D eigenvalue weighted by atomic mass is 16.5. The molecule has 3 N–H and O–H groups in total. The van der Waals surface area contributed by atoms with E-state index in [4.69, 9.17) is 9.84 Å². The lowest BCUT2D eigenvalue weighted by Crippen LogP contribution is -2.36. The van der Waals surface area contributed by atoms with Gasteiger partial charge in [-0.1, -0.05) is 6.58 Å². The SMILES string of the molecule is C=C(C)NC(=O)NCCOCCO. The lowest BCUT2D eigenvalue weighted by molar-refractivity contribution is 0.0947. The number of aliphatic hydroxyl groups excluding tert-OH is 1. The molecule has 0 aliphatic rings. The molecule has 0 heterocycles. The third-order valence-electron chi connectivity index (χ3n) is 1.09. The molecule has 5 nitrogen and oxygen atoms in total. The summed E-state index contributed by atoms with van der Waals surface area (Å²) in [5.74, 6) is 0. The Morgan fingerprint density at radius 1 is 1.54 bits per heavy atom. The molecule has 0 aromatic heterocycles. The van der Waals surface area contributed by atoms with Crippen LogP contribution in [-0.2, 0) is 4.74 Å². The monoisotopic (exact) mass is 188 g/mol. The van der Waals surface area contributed by atoms with Crippen molar-refractivity contribution >= 4 is 6.03 Å². The summed E-state index contributed by atoms with van der Waals surface area (Å²) in [4.78, 5) is 10.9. The number of hydrogen-bond acceptors (Lipinski definition) is 3. The van der Waals surface area contributed by atoms with Crippen LogP contribution in [0.4, 0.5) is 4.79 Å². The van der Waals surface area contributed by atoms with Gasteiger partial charge < -0.3 is 20.5 Å². The van der Waals surface area contributed by atoms with E-state index in [1.165, 1.54) is 0 Å². The number of rotatable bonds is 6. The van der Waals surface area contributed by atoms with Crippen LogP contribution in [0.5, 0.6) is 0 Å². The van der Waals surface area contributed by atoms with Gasteiger partial charge in [0, 0.05) is 12.2 Å². The van der Waals surface area contributed by atoms with Crippen molar-refractivity contribution in [1.82, 2.24) is 10.6 Å². The van der Waals surface area contributed by atoms with Crippen molar-refractivity contribution in [2.75, 3.05) is 26.4 Å². The summed E-state index contributed by atoms with van der Waals surface area (Å²) in [6.45, 7) is 6.32. The zero-order chi connectivity index (χ0) is 10.1. The first-order valence-corrected chi connectivity index (χ1v) is 4.05. The topological polar surface area (TPSA) is 70.6 Å². The number of aliphatic hydroxyl groups is 1. The van der Waals surface area contributed by atoms with E-state index >= 15 is 0 Å². The van der Waals surface area contributed by atoms with Crippen LogP contribution < -0.4 is 10.6 Å². The Kier molecular flexibility index (Phi) is 6.95. The van der Waals surface area contributed by atoms with Gasteiger partial charge in [0.2, 0.25) is 0 Å². The van der Waals surface area contributed by atoms with Crippen molar-refractivity contribution in [3.8, 4) is 0 Å². The van der Waals surface area contributed by atoms with Gasteiger partial charge in [0.25, 0.3) is 0 Å². The lowest BCUT2D eigenvalue weighted by Gasteiger charge is -2.06. The van der Waals surface area contributed by atoms with E-state index in [0.29, 0.717) is 25.5 Å². The number of carbonyl (C=O) groups is 1. The maximum absolute atomic E-state index is 10.9. The van der Waals surface area contributed by atoms with Gasteiger partial charge in [0.1, 0.15) is 0 Å². The standard InChI is InChI=1S/C8H16N2O3/c1-7(2)10-8(12)9-3-5-13-6-4-11/h11H,1,3-6H2,2H3,(H2,9,10,12). The molecule has 76 valence electrons. The van der Waals surface area contributed by atoms with E-state index in [1.807, 2.05) is 0 Å². The van der Waals surface area contributed by atoms with Crippen LogP contribution in [0.25, 0.3) is 0 Å². The minimum atomic E-state index is -0.292. The first-order valence-electron chi connectivity index (χ1n) is 4.05. The van der Waals surface area contributed by atoms with Crippen molar-refractivity contribution in [3.63, 3.8) is 0 Å². The fraction of sp³-hybridized carbons (Fsp3) is 0.625. The third-order valence-corrected chi connectivity index (χ3v) is 1.09. The molecule has 0 aliphatic carbocycles. The highest BCUT2D eigenvalue weighted by Gasteiger charge is 1.97. The summed E-state index contributed by atoms with van der Waals surface area (Å²) in [7, 11) is 0. The predicted octanol–water partition coefficient (Wildman–Crippen LogP) is -0.172. The number of carbonyl (C=O) groups excluding carboxylic acids is 1. The second-order valence-electron chi connectivity index (χ2n) is 2.50. The number of ether oxygens (including phenoxy) is 1. The Balaban J connectivity index is 3.22. The van der Waals surface area contributed by atoms with Crippen LogP contribution in [0.3, 0.4) is 0 Å². The van der Waals surface area contributed by atoms with Crippen LogP contribution >= 0.6 is 0 Å². The molecule has 0 saturated carbocycles. The Morgan fingerprint density at radius 3 is 2.77 bits per heavy atom. The molecule has 0 bridgehead atoms. The molecule has 0 saturated heterocycles. The molecule has 5 heteroatoms. The minimum Gasteiger partial charge on any atom is -0.394 e. The maximum Gasteiger partial charge on any atom is 0.319 e. The van der Waals surface area contributed by atoms with Crippen LogP contribution in [0.1, 0.15) is 6.92 Å². The number of urea groups is 1.